The van der Waals surface area contributed by atoms with E-state index >= 15 is 0 Å². The summed E-state index contributed by atoms with van der Waals surface area (Å²) in [5, 5.41) is 3.72. The zero-order valence-corrected chi connectivity index (χ0v) is 20.3. The SMILES string of the molecule is Cc1nc(OC(=O)N(CCNC(=O)c2cccc3c2OCCO3)CC2CC2)c(-c2ccccc2)s1. The Labute approximate surface area is 207 Å². The molecule has 1 N–H and O–H groups in total. The summed E-state index contributed by atoms with van der Waals surface area (Å²) in [7, 11) is 0. The van der Waals surface area contributed by atoms with E-state index in [0.717, 1.165) is 28.3 Å². The van der Waals surface area contributed by atoms with Gasteiger partial charge in [0, 0.05) is 19.6 Å². The number of amides is 2. The van der Waals surface area contributed by atoms with Crippen LogP contribution in [0.25, 0.3) is 10.4 Å². The van der Waals surface area contributed by atoms with Crippen molar-refractivity contribution in [1.29, 1.82) is 0 Å². The van der Waals surface area contributed by atoms with Crippen LogP contribution in [0.4, 0.5) is 4.79 Å². The Balaban J connectivity index is 1.23. The van der Waals surface area contributed by atoms with E-state index in [4.69, 9.17) is 14.2 Å². The van der Waals surface area contributed by atoms with Gasteiger partial charge in [0.25, 0.3) is 5.91 Å². The maximum atomic E-state index is 13.1. The molecule has 3 aromatic rings. The zero-order chi connectivity index (χ0) is 24.2. The fraction of sp³-hybridized carbons (Fsp3) is 0.346. The summed E-state index contributed by atoms with van der Waals surface area (Å²) in [5.74, 6) is 1.54. The van der Waals surface area contributed by atoms with Crippen molar-refractivity contribution in [2.45, 2.75) is 19.8 Å². The summed E-state index contributed by atoms with van der Waals surface area (Å²) in [5.41, 5.74) is 1.38. The lowest BCUT2D eigenvalue weighted by Crippen LogP contribution is -2.41. The van der Waals surface area contributed by atoms with E-state index in [-0.39, 0.29) is 12.5 Å². The summed E-state index contributed by atoms with van der Waals surface area (Å²) in [6, 6.07) is 15.0. The number of thiazole rings is 1. The second-order valence-electron chi connectivity index (χ2n) is 8.58. The molecule has 0 spiro atoms. The van der Waals surface area contributed by atoms with Crippen molar-refractivity contribution in [2.24, 2.45) is 5.92 Å². The van der Waals surface area contributed by atoms with Crippen LogP contribution in [0.15, 0.2) is 48.5 Å². The fourth-order valence-electron chi connectivity index (χ4n) is 3.92. The molecule has 9 heteroatoms. The standard InChI is InChI=1S/C26H27N3O5S/c1-17-28-25(23(35-17)19-6-3-2-4-7-19)34-26(31)29(16-18-10-11-18)13-12-27-24(30)20-8-5-9-21-22(20)33-15-14-32-21/h2-9,18H,10-16H2,1H3,(H,27,30). The van der Waals surface area contributed by atoms with Gasteiger partial charge in [0.1, 0.15) is 13.2 Å². The smallest absolute Gasteiger partial charge is 0.416 e. The average molecular weight is 494 g/mol. The minimum atomic E-state index is -0.456. The lowest BCUT2D eigenvalue weighted by atomic mass is 10.1. The third-order valence-corrected chi connectivity index (χ3v) is 6.84. The van der Waals surface area contributed by atoms with Crippen LogP contribution in [0.3, 0.4) is 0 Å². The monoisotopic (exact) mass is 493 g/mol. The maximum absolute atomic E-state index is 13.1. The van der Waals surface area contributed by atoms with Gasteiger partial charge in [-0.3, -0.25) is 4.79 Å². The van der Waals surface area contributed by atoms with Crippen LogP contribution in [-0.2, 0) is 0 Å². The Bertz CT molecular complexity index is 1210. The van der Waals surface area contributed by atoms with Crippen LogP contribution in [0.5, 0.6) is 17.4 Å². The van der Waals surface area contributed by atoms with Crippen LogP contribution >= 0.6 is 11.3 Å². The molecule has 0 atom stereocenters. The summed E-state index contributed by atoms with van der Waals surface area (Å²) in [6.45, 7) is 3.96. The van der Waals surface area contributed by atoms with Crippen molar-refractivity contribution < 1.29 is 23.8 Å². The van der Waals surface area contributed by atoms with Crippen LogP contribution in [0.1, 0.15) is 28.2 Å². The van der Waals surface area contributed by atoms with Gasteiger partial charge in [0.15, 0.2) is 11.5 Å². The number of aryl methyl sites for hydroxylation is 1. The van der Waals surface area contributed by atoms with Gasteiger partial charge >= 0.3 is 6.09 Å². The lowest BCUT2D eigenvalue weighted by molar-refractivity contribution is 0.0933. The number of ether oxygens (including phenoxy) is 3. The van der Waals surface area contributed by atoms with E-state index in [2.05, 4.69) is 10.3 Å². The molecule has 2 aliphatic rings. The molecule has 2 heterocycles. The molecule has 0 unspecified atom stereocenters. The molecule has 8 nitrogen and oxygen atoms in total. The van der Waals surface area contributed by atoms with Crippen molar-refractivity contribution in [2.75, 3.05) is 32.8 Å². The molecule has 1 aromatic heterocycles. The average Bonchev–Trinajstić information content (AvgIpc) is 3.63. The van der Waals surface area contributed by atoms with E-state index in [0.29, 0.717) is 55.2 Å². The van der Waals surface area contributed by atoms with E-state index < -0.39 is 6.09 Å². The first-order valence-corrected chi connectivity index (χ1v) is 12.6. The number of benzene rings is 2. The predicted molar refractivity (Wildman–Crippen MR) is 132 cm³/mol. The molecule has 1 aliphatic carbocycles. The van der Waals surface area contributed by atoms with Crippen molar-refractivity contribution in [1.82, 2.24) is 15.2 Å². The zero-order valence-electron chi connectivity index (χ0n) is 19.5. The summed E-state index contributed by atoms with van der Waals surface area (Å²) >= 11 is 1.49. The third-order valence-electron chi connectivity index (χ3n) is 5.83. The van der Waals surface area contributed by atoms with Gasteiger partial charge in [-0.25, -0.2) is 9.78 Å². The number of aromatic nitrogens is 1. The normalized spacial score (nSPS) is 14.3. The van der Waals surface area contributed by atoms with Gasteiger partial charge in [-0.15, -0.1) is 11.3 Å². The van der Waals surface area contributed by atoms with Gasteiger partial charge in [0.05, 0.1) is 15.4 Å². The number of para-hydroxylation sites is 1. The predicted octanol–water partition coefficient (Wildman–Crippen LogP) is 4.53. The fourth-order valence-corrected chi connectivity index (χ4v) is 4.77. The minimum Gasteiger partial charge on any atom is -0.486 e. The first kappa shape index (κ1) is 23.2. The minimum absolute atomic E-state index is 0.270. The summed E-state index contributed by atoms with van der Waals surface area (Å²) < 4.78 is 17.0. The van der Waals surface area contributed by atoms with Gasteiger partial charge < -0.3 is 24.4 Å². The maximum Gasteiger partial charge on any atom is 0.416 e. The van der Waals surface area contributed by atoms with E-state index in [1.165, 1.54) is 11.3 Å². The number of carbonyl (C=O) groups is 2. The molecule has 1 saturated carbocycles. The molecule has 0 bridgehead atoms. The Morgan fingerprint density at radius 3 is 2.71 bits per heavy atom. The van der Waals surface area contributed by atoms with Crippen molar-refractivity contribution >= 4 is 23.3 Å². The van der Waals surface area contributed by atoms with E-state index in [9.17, 15) is 9.59 Å². The molecule has 0 radical (unpaired) electrons. The van der Waals surface area contributed by atoms with E-state index in [1.54, 1.807) is 23.1 Å². The van der Waals surface area contributed by atoms with E-state index in [1.807, 2.05) is 37.3 Å². The number of hydrogen-bond acceptors (Lipinski definition) is 7. The Hall–Kier alpha value is -3.59. The van der Waals surface area contributed by atoms with Crippen molar-refractivity contribution in [3.63, 3.8) is 0 Å². The first-order chi connectivity index (χ1) is 17.1. The van der Waals surface area contributed by atoms with Gasteiger partial charge in [0.2, 0.25) is 5.88 Å². The lowest BCUT2D eigenvalue weighted by Gasteiger charge is -2.23. The number of carbonyl (C=O) groups excluding carboxylic acids is 2. The second-order valence-corrected chi connectivity index (χ2v) is 9.78. The number of nitrogens with zero attached hydrogens (tertiary/aromatic N) is 2. The van der Waals surface area contributed by atoms with Crippen LogP contribution < -0.4 is 19.5 Å². The first-order valence-electron chi connectivity index (χ1n) is 11.7. The van der Waals surface area contributed by atoms with Crippen LogP contribution in [-0.4, -0.2) is 54.7 Å². The number of nitrogens with one attached hydrogen (secondary N) is 1. The summed E-state index contributed by atoms with van der Waals surface area (Å²) in [4.78, 5) is 32.9. The molecule has 2 amide bonds. The molecule has 0 saturated heterocycles. The molecular weight excluding hydrogens is 466 g/mol. The van der Waals surface area contributed by atoms with Gasteiger partial charge in [-0.05, 0) is 43.4 Å². The number of fused-ring (bicyclic) bond motifs is 1. The summed E-state index contributed by atoms with van der Waals surface area (Å²) in [6.07, 6.45) is 1.73. The van der Waals surface area contributed by atoms with Crippen molar-refractivity contribution in [3.05, 3.63) is 59.1 Å². The Morgan fingerprint density at radius 2 is 1.91 bits per heavy atom. The highest BCUT2D eigenvalue weighted by atomic mass is 32.1. The largest absolute Gasteiger partial charge is 0.486 e. The molecular formula is C26H27N3O5S. The molecule has 182 valence electrons. The topological polar surface area (TPSA) is 90.0 Å². The van der Waals surface area contributed by atoms with Crippen LogP contribution in [0, 0.1) is 12.8 Å². The molecule has 35 heavy (non-hydrogen) atoms. The van der Waals surface area contributed by atoms with Crippen LogP contribution in [0.2, 0.25) is 0 Å². The molecule has 2 aromatic carbocycles. The Kier molecular flexibility index (Phi) is 6.85. The Morgan fingerprint density at radius 1 is 1.11 bits per heavy atom. The van der Waals surface area contributed by atoms with Gasteiger partial charge in [-0.2, -0.15) is 0 Å². The highest BCUT2D eigenvalue weighted by Gasteiger charge is 2.29. The quantitative estimate of drug-likeness (QED) is 0.496. The number of hydrogen-bond donors (Lipinski definition) is 1. The molecule has 5 rings (SSSR count). The van der Waals surface area contributed by atoms with Crippen molar-refractivity contribution in [3.8, 4) is 27.8 Å². The number of rotatable bonds is 8. The third kappa shape index (κ3) is 5.57. The highest BCUT2D eigenvalue weighted by Crippen LogP contribution is 2.36. The second kappa shape index (κ2) is 10.4. The molecule has 1 fully saturated rings. The highest BCUT2D eigenvalue weighted by molar-refractivity contribution is 7.15. The molecule has 1 aliphatic heterocycles. The van der Waals surface area contributed by atoms with Gasteiger partial charge in [-0.1, -0.05) is 36.4 Å².